The van der Waals surface area contributed by atoms with Gasteiger partial charge in [0.05, 0.1) is 6.10 Å². The van der Waals surface area contributed by atoms with Gasteiger partial charge in [-0.15, -0.1) is 0 Å². The zero-order chi connectivity index (χ0) is 11.7. The first kappa shape index (κ1) is 12.2. The molecule has 0 radical (unpaired) electrons. The molecule has 0 amide bonds. The molecule has 0 saturated heterocycles. The second-order valence-electron chi connectivity index (χ2n) is 4.79. The number of aliphatic hydroxyl groups is 1. The second kappa shape index (κ2) is 4.95. The van der Waals surface area contributed by atoms with E-state index in [1.54, 1.807) is 18.2 Å². The van der Waals surface area contributed by atoms with Crippen molar-refractivity contribution in [3.8, 4) is 0 Å². The van der Waals surface area contributed by atoms with Crippen molar-refractivity contribution in [2.45, 2.75) is 32.3 Å². The van der Waals surface area contributed by atoms with Crippen LogP contribution in [0.1, 0.15) is 37.9 Å². The fourth-order valence-electron chi connectivity index (χ4n) is 2.53. The van der Waals surface area contributed by atoms with E-state index >= 15 is 0 Å². The molecule has 0 spiro atoms. The fourth-order valence-corrected chi connectivity index (χ4v) is 2.94. The summed E-state index contributed by atoms with van der Waals surface area (Å²) in [7, 11) is 0. The van der Waals surface area contributed by atoms with Crippen LogP contribution >= 0.6 is 23.2 Å². The van der Waals surface area contributed by atoms with Crippen molar-refractivity contribution >= 4 is 23.2 Å². The maximum absolute atomic E-state index is 10.3. The van der Waals surface area contributed by atoms with E-state index in [4.69, 9.17) is 23.2 Å². The molecule has 3 atom stereocenters. The van der Waals surface area contributed by atoms with Gasteiger partial charge in [-0.2, -0.15) is 0 Å². The Labute approximate surface area is 106 Å². The molecule has 1 aromatic rings. The molecule has 0 aliphatic heterocycles. The highest BCUT2D eigenvalue weighted by molar-refractivity contribution is 6.33. The molecule has 3 unspecified atom stereocenters. The quantitative estimate of drug-likeness (QED) is 0.831. The van der Waals surface area contributed by atoms with Crippen LogP contribution in [0.15, 0.2) is 18.2 Å². The van der Waals surface area contributed by atoms with Crippen LogP contribution in [-0.4, -0.2) is 5.11 Å². The summed E-state index contributed by atoms with van der Waals surface area (Å²) in [5, 5.41) is 11.5. The number of hydrogen-bond donors (Lipinski definition) is 1. The lowest BCUT2D eigenvalue weighted by atomic mass is 9.93. The third-order valence-corrected chi connectivity index (χ3v) is 4.04. The third kappa shape index (κ3) is 2.53. The first-order valence-electron chi connectivity index (χ1n) is 5.71. The summed E-state index contributed by atoms with van der Waals surface area (Å²) in [5.74, 6) is 1.03. The Morgan fingerprint density at radius 1 is 1.31 bits per heavy atom. The Bertz CT molecular complexity index is 378. The SMILES string of the molecule is CC1CCC(C(O)c2cc(Cl)ccc2Cl)C1. The summed E-state index contributed by atoms with van der Waals surface area (Å²) in [6.07, 6.45) is 2.87. The fraction of sp³-hybridized carbons (Fsp3) is 0.538. The van der Waals surface area contributed by atoms with Crippen LogP contribution in [0.5, 0.6) is 0 Å². The lowest BCUT2D eigenvalue weighted by Gasteiger charge is -2.19. The molecule has 1 aliphatic rings. The highest BCUT2D eigenvalue weighted by atomic mass is 35.5. The van der Waals surface area contributed by atoms with Crippen molar-refractivity contribution in [2.24, 2.45) is 11.8 Å². The Kier molecular flexibility index (Phi) is 3.78. The summed E-state index contributed by atoms with van der Waals surface area (Å²) in [5.41, 5.74) is 0.772. The average Bonchev–Trinajstić information content (AvgIpc) is 2.67. The number of rotatable bonds is 2. The molecule has 1 fully saturated rings. The van der Waals surface area contributed by atoms with Gasteiger partial charge in [-0.3, -0.25) is 0 Å². The van der Waals surface area contributed by atoms with E-state index in [1.165, 1.54) is 6.42 Å². The van der Waals surface area contributed by atoms with Gasteiger partial charge < -0.3 is 5.11 Å². The largest absolute Gasteiger partial charge is 0.388 e. The topological polar surface area (TPSA) is 20.2 Å². The average molecular weight is 259 g/mol. The number of hydrogen-bond acceptors (Lipinski definition) is 1. The Morgan fingerprint density at radius 2 is 2.06 bits per heavy atom. The number of halogens is 2. The van der Waals surface area contributed by atoms with E-state index in [-0.39, 0.29) is 0 Å². The summed E-state index contributed by atoms with van der Waals surface area (Å²) in [6.45, 7) is 2.23. The summed E-state index contributed by atoms with van der Waals surface area (Å²) in [6, 6.07) is 5.27. The molecule has 3 heteroatoms. The number of benzene rings is 1. The van der Waals surface area contributed by atoms with E-state index in [9.17, 15) is 5.11 Å². The first-order chi connectivity index (χ1) is 7.58. The highest BCUT2D eigenvalue weighted by Gasteiger charge is 2.29. The van der Waals surface area contributed by atoms with E-state index in [0.29, 0.717) is 21.9 Å². The molecular formula is C13H16Cl2O. The van der Waals surface area contributed by atoms with Crippen molar-refractivity contribution in [3.05, 3.63) is 33.8 Å². The van der Waals surface area contributed by atoms with Crippen LogP contribution in [-0.2, 0) is 0 Å². The van der Waals surface area contributed by atoms with Gasteiger partial charge >= 0.3 is 0 Å². The van der Waals surface area contributed by atoms with Gasteiger partial charge in [-0.1, -0.05) is 36.5 Å². The normalized spacial score (nSPS) is 27.0. The molecule has 0 bridgehead atoms. The van der Waals surface area contributed by atoms with E-state index < -0.39 is 6.10 Å². The molecule has 0 aromatic heterocycles. The number of aliphatic hydroxyl groups excluding tert-OH is 1. The molecule has 2 rings (SSSR count). The molecule has 88 valence electrons. The first-order valence-corrected chi connectivity index (χ1v) is 6.46. The van der Waals surface area contributed by atoms with E-state index in [1.807, 2.05) is 0 Å². The lowest BCUT2D eigenvalue weighted by molar-refractivity contribution is 0.110. The van der Waals surface area contributed by atoms with Crippen molar-refractivity contribution in [3.63, 3.8) is 0 Å². The monoisotopic (exact) mass is 258 g/mol. The van der Waals surface area contributed by atoms with Gasteiger partial charge in [0, 0.05) is 15.6 Å². The predicted molar refractivity (Wildman–Crippen MR) is 67.9 cm³/mol. The molecule has 1 saturated carbocycles. The van der Waals surface area contributed by atoms with E-state index in [2.05, 4.69) is 6.92 Å². The zero-order valence-electron chi connectivity index (χ0n) is 9.29. The molecular weight excluding hydrogens is 243 g/mol. The smallest absolute Gasteiger partial charge is 0.0833 e. The Hall–Kier alpha value is -0.240. The third-order valence-electron chi connectivity index (χ3n) is 3.46. The molecule has 16 heavy (non-hydrogen) atoms. The Balaban J connectivity index is 2.20. The Morgan fingerprint density at radius 3 is 2.69 bits per heavy atom. The van der Waals surface area contributed by atoms with Gasteiger partial charge in [-0.25, -0.2) is 0 Å². The van der Waals surface area contributed by atoms with Crippen LogP contribution in [0.3, 0.4) is 0 Å². The van der Waals surface area contributed by atoms with Gasteiger partial charge in [0.2, 0.25) is 0 Å². The molecule has 1 aliphatic carbocycles. The second-order valence-corrected chi connectivity index (χ2v) is 5.63. The van der Waals surface area contributed by atoms with Gasteiger partial charge in [0.1, 0.15) is 0 Å². The van der Waals surface area contributed by atoms with Gasteiger partial charge in [-0.05, 0) is 42.9 Å². The maximum Gasteiger partial charge on any atom is 0.0833 e. The van der Waals surface area contributed by atoms with Crippen molar-refractivity contribution in [2.75, 3.05) is 0 Å². The van der Waals surface area contributed by atoms with Crippen molar-refractivity contribution in [1.29, 1.82) is 0 Å². The summed E-state index contributed by atoms with van der Waals surface area (Å²) >= 11 is 12.0. The molecule has 1 aromatic carbocycles. The van der Waals surface area contributed by atoms with Gasteiger partial charge in [0.25, 0.3) is 0 Å². The minimum absolute atomic E-state index is 0.325. The minimum atomic E-state index is -0.476. The van der Waals surface area contributed by atoms with Crippen molar-refractivity contribution < 1.29 is 5.11 Å². The van der Waals surface area contributed by atoms with Crippen LogP contribution in [0.2, 0.25) is 10.0 Å². The summed E-state index contributed by atoms with van der Waals surface area (Å²) in [4.78, 5) is 0. The van der Waals surface area contributed by atoms with Crippen LogP contribution < -0.4 is 0 Å². The van der Waals surface area contributed by atoms with Gasteiger partial charge in [0.15, 0.2) is 0 Å². The minimum Gasteiger partial charge on any atom is -0.388 e. The van der Waals surface area contributed by atoms with Crippen LogP contribution in [0, 0.1) is 11.8 Å². The van der Waals surface area contributed by atoms with Crippen LogP contribution in [0.25, 0.3) is 0 Å². The standard InChI is InChI=1S/C13H16Cl2O/c1-8-2-3-9(6-8)13(16)11-7-10(14)4-5-12(11)15/h4-5,7-9,13,16H,2-3,6H2,1H3. The maximum atomic E-state index is 10.3. The van der Waals surface area contributed by atoms with Crippen LogP contribution in [0.4, 0.5) is 0 Å². The molecule has 1 nitrogen and oxygen atoms in total. The van der Waals surface area contributed by atoms with E-state index in [0.717, 1.165) is 18.4 Å². The lowest BCUT2D eigenvalue weighted by Crippen LogP contribution is -2.10. The molecule has 1 N–H and O–H groups in total. The predicted octanol–water partition coefficient (Wildman–Crippen LogP) is 4.46. The van der Waals surface area contributed by atoms with Crippen molar-refractivity contribution in [1.82, 2.24) is 0 Å². The summed E-state index contributed by atoms with van der Waals surface area (Å²) < 4.78 is 0. The molecule has 0 heterocycles. The zero-order valence-corrected chi connectivity index (χ0v) is 10.8. The highest BCUT2D eigenvalue weighted by Crippen LogP contribution is 2.41.